The molecule has 3 aromatic heterocycles. The van der Waals surface area contributed by atoms with Gasteiger partial charge in [-0.25, -0.2) is 15.0 Å². The Morgan fingerprint density at radius 2 is 2.00 bits per heavy atom. The van der Waals surface area contributed by atoms with Gasteiger partial charge in [0.05, 0.1) is 47.9 Å². The van der Waals surface area contributed by atoms with Gasteiger partial charge in [-0.1, -0.05) is 6.07 Å². The molecule has 160 valence electrons. The Morgan fingerprint density at radius 3 is 2.87 bits per heavy atom. The van der Waals surface area contributed by atoms with Gasteiger partial charge in [0.25, 0.3) is 0 Å². The van der Waals surface area contributed by atoms with E-state index in [1.165, 1.54) is 0 Å². The standard InChI is InChI=1S/C23H25N5O3/c1-13-15-5-6-28(22(15)25-11-24-13)18-8-23(21(30)20(18)29)9-19(31-10-23)14-3-4-17-16(7-14)26-12-27(17)2/h3-7,11-12,18-21,29-30H,8-10H2,1-2H3/t18-,19-,20+,21+,23-/m1/s1. The Bertz CT molecular complexity index is 1300. The SMILES string of the molecule is Cc1ncnc2c1ccn2[C@@H]1C[C@@]2(CO[C@@H](c3ccc4c(c3)ncn4C)C2)[C@@H](O)[C@H]1O. The highest BCUT2D eigenvalue weighted by atomic mass is 16.5. The zero-order valence-electron chi connectivity index (χ0n) is 17.5. The predicted octanol–water partition coefficient (Wildman–Crippen LogP) is 2.44. The number of aryl methyl sites for hydroxylation is 2. The van der Waals surface area contributed by atoms with Gasteiger partial charge in [0, 0.05) is 24.0 Å². The van der Waals surface area contributed by atoms with Crippen LogP contribution in [0.25, 0.3) is 22.1 Å². The summed E-state index contributed by atoms with van der Waals surface area (Å²) in [4.78, 5) is 13.1. The van der Waals surface area contributed by atoms with Crippen molar-refractivity contribution in [3.63, 3.8) is 0 Å². The third-order valence-corrected chi connectivity index (χ3v) is 7.31. The van der Waals surface area contributed by atoms with Gasteiger partial charge in [0.1, 0.15) is 18.1 Å². The van der Waals surface area contributed by atoms with Crippen LogP contribution >= 0.6 is 0 Å². The zero-order chi connectivity index (χ0) is 21.3. The quantitative estimate of drug-likeness (QED) is 0.518. The second kappa shape index (κ2) is 6.59. The maximum Gasteiger partial charge on any atom is 0.143 e. The van der Waals surface area contributed by atoms with Gasteiger partial charge in [0.2, 0.25) is 0 Å². The highest BCUT2D eigenvalue weighted by Crippen LogP contribution is 2.54. The third-order valence-electron chi connectivity index (χ3n) is 7.31. The summed E-state index contributed by atoms with van der Waals surface area (Å²) in [5.41, 5.74) is 4.26. The van der Waals surface area contributed by atoms with Crippen molar-refractivity contribution in [3.05, 3.63) is 54.4 Å². The summed E-state index contributed by atoms with van der Waals surface area (Å²) in [6.45, 7) is 2.36. The Labute approximate surface area is 179 Å². The lowest BCUT2D eigenvalue weighted by molar-refractivity contribution is -0.0309. The molecule has 31 heavy (non-hydrogen) atoms. The van der Waals surface area contributed by atoms with Crippen LogP contribution in [0.3, 0.4) is 0 Å². The Kier molecular flexibility index (Phi) is 4.02. The van der Waals surface area contributed by atoms with E-state index in [-0.39, 0.29) is 12.1 Å². The number of hydrogen-bond donors (Lipinski definition) is 2. The number of aliphatic hydroxyl groups excluding tert-OH is 2. The van der Waals surface area contributed by atoms with Gasteiger partial charge in [-0.15, -0.1) is 0 Å². The first-order chi connectivity index (χ1) is 15.0. The first kappa shape index (κ1) is 18.9. The summed E-state index contributed by atoms with van der Waals surface area (Å²) in [7, 11) is 1.98. The zero-order valence-corrected chi connectivity index (χ0v) is 17.5. The Hall–Kier alpha value is -2.81. The van der Waals surface area contributed by atoms with Crippen molar-refractivity contribution in [2.45, 2.75) is 44.1 Å². The van der Waals surface area contributed by atoms with Crippen LogP contribution in [0.1, 0.15) is 36.2 Å². The number of nitrogens with zero attached hydrogens (tertiary/aromatic N) is 5. The van der Waals surface area contributed by atoms with Crippen molar-refractivity contribution >= 4 is 22.1 Å². The molecule has 1 aromatic carbocycles. The average molecular weight is 419 g/mol. The largest absolute Gasteiger partial charge is 0.390 e. The molecule has 8 nitrogen and oxygen atoms in total. The predicted molar refractivity (Wildman–Crippen MR) is 114 cm³/mol. The molecule has 0 radical (unpaired) electrons. The number of imidazole rings is 1. The summed E-state index contributed by atoms with van der Waals surface area (Å²) in [6.07, 6.45) is 4.71. The minimum atomic E-state index is -0.883. The molecular formula is C23H25N5O3. The van der Waals surface area contributed by atoms with Gasteiger partial charge < -0.3 is 24.1 Å². The molecule has 2 N–H and O–H groups in total. The first-order valence-electron chi connectivity index (χ1n) is 10.6. The summed E-state index contributed by atoms with van der Waals surface area (Å²) in [6, 6.07) is 7.91. The fourth-order valence-electron chi connectivity index (χ4n) is 5.53. The van der Waals surface area contributed by atoms with Crippen LogP contribution in [0, 0.1) is 12.3 Å². The highest BCUT2D eigenvalue weighted by molar-refractivity contribution is 5.78. The molecule has 1 saturated carbocycles. The highest BCUT2D eigenvalue weighted by Gasteiger charge is 2.57. The van der Waals surface area contributed by atoms with Gasteiger partial charge in [0.15, 0.2) is 0 Å². The Balaban J connectivity index is 1.31. The van der Waals surface area contributed by atoms with Crippen LogP contribution in [0.4, 0.5) is 0 Å². The molecule has 8 heteroatoms. The molecule has 0 amide bonds. The van der Waals surface area contributed by atoms with Gasteiger partial charge >= 0.3 is 0 Å². The summed E-state index contributed by atoms with van der Waals surface area (Å²) < 4.78 is 10.2. The second-order valence-electron chi connectivity index (χ2n) is 9.10. The molecule has 4 aromatic rings. The van der Waals surface area contributed by atoms with E-state index in [0.717, 1.165) is 33.3 Å². The molecule has 5 atom stereocenters. The van der Waals surface area contributed by atoms with E-state index in [1.807, 2.05) is 35.4 Å². The van der Waals surface area contributed by atoms with E-state index in [9.17, 15) is 10.2 Å². The number of fused-ring (bicyclic) bond motifs is 2. The topological polar surface area (TPSA) is 98.2 Å². The van der Waals surface area contributed by atoms with Crippen molar-refractivity contribution in [3.8, 4) is 0 Å². The lowest BCUT2D eigenvalue weighted by Gasteiger charge is -2.26. The van der Waals surface area contributed by atoms with Crippen LogP contribution in [-0.4, -0.2) is 53.1 Å². The van der Waals surface area contributed by atoms with E-state index < -0.39 is 17.6 Å². The van der Waals surface area contributed by atoms with Crippen LogP contribution in [0.5, 0.6) is 0 Å². The van der Waals surface area contributed by atoms with E-state index >= 15 is 0 Å². The van der Waals surface area contributed by atoms with E-state index in [2.05, 4.69) is 33.2 Å². The van der Waals surface area contributed by atoms with E-state index in [4.69, 9.17) is 4.74 Å². The smallest absolute Gasteiger partial charge is 0.143 e. The number of aliphatic hydroxyl groups is 2. The minimum absolute atomic E-state index is 0.127. The first-order valence-corrected chi connectivity index (χ1v) is 10.6. The van der Waals surface area contributed by atoms with Crippen LogP contribution in [0.15, 0.2) is 43.1 Å². The average Bonchev–Trinajstić information content (AvgIpc) is 3.53. The summed E-state index contributed by atoms with van der Waals surface area (Å²) in [5, 5.41) is 23.1. The number of ether oxygens (including phenoxy) is 1. The molecule has 0 bridgehead atoms. The Morgan fingerprint density at radius 1 is 1.13 bits per heavy atom. The molecule has 1 aliphatic carbocycles. The molecular weight excluding hydrogens is 394 g/mol. The maximum atomic E-state index is 11.1. The van der Waals surface area contributed by atoms with Crippen LogP contribution < -0.4 is 0 Å². The molecule has 2 aliphatic rings. The lowest BCUT2D eigenvalue weighted by Crippen LogP contribution is -2.37. The number of rotatable bonds is 2. The van der Waals surface area contributed by atoms with Crippen LogP contribution in [0.2, 0.25) is 0 Å². The van der Waals surface area contributed by atoms with Crippen molar-refractivity contribution in [2.24, 2.45) is 12.5 Å². The number of aromatic nitrogens is 5. The van der Waals surface area contributed by atoms with Crippen molar-refractivity contribution < 1.29 is 14.9 Å². The summed E-state index contributed by atoms with van der Waals surface area (Å²) in [5.74, 6) is 0. The van der Waals surface area contributed by atoms with Gasteiger partial charge in [-0.2, -0.15) is 0 Å². The third kappa shape index (κ3) is 2.68. The monoisotopic (exact) mass is 419 g/mol. The normalized spacial score (nSPS) is 30.8. The molecule has 6 rings (SSSR count). The molecule has 0 unspecified atom stereocenters. The van der Waals surface area contributed by atoms with Crippen molar-refractivity contribution in [2.75, 3.05) is 6.61 Å². The summed E-state index contributed by atoms with van der Waals surface area (Å²) >= 11 is 0. The molecule has 1 aliphatic heterocycles. The fraction of sp³-hybridized carbons (Fsp3) is 0.435. The maximum absolute atomic E-state index is 11.1. The molecule has 1 saturated heterocycles. The second-order valence-corrected chi connectivity index (χ2v) is 9.10. The lowest BCUT2D eigenvalue weighted by atomic mass is 9.80. The van der Waals surface area contributed by atoms with Gasteiger partial charge in [-0.05, 0) is 43.5 Å². The van der Waals surface area contributed by atoms with Crippen molar-refractivity contribution in [1.82, 2.24) is 24.1 Å². The molecule has 1 spiro atoms. The number of hydrogen-bond acceptors (Lipinski definition) is 6. The van der Waals surface area contributed by atoms with E-state index in [1.54, 1.807) is 12.7 Å². The molecule has 2 fully saturated rings. The van der Waals surface area contributed by atoms with Gasteiger partial charge in [-0.3, -0.25) is 0 Å². The minimum Gasteiger partial charge on any atom is -0.390 e. The van der Waals surface area contributed by atoms with Crippen molar-refractivity contribution in [1.29, 1.82) is 0 Å². The van der Waals surface area contributed by atoms with Crippen LogP contribution in [-0.2, 0) is 11.8 Å². The number of benzene rings is 1. The fourth-order valence-corrected chi connectivity index (χ4v) is 5.53. The molecule has 4 heterocycles. The van der Waals surface area contributed by atoms with E-state index in [0.29, 0.717) is 19.4 Å².